The fourth-order valence-electron chi connectivity index (χ4n) is 2.35. The van der Waals surface area contributed by atoms with Gasteiger partial charge in [-0.2, -0.15) is 17.9 Å². The van der Waals surface area contributed by atoms with Crippen molar-refractivity contribution in [3.63, 3.8) is 0 Å². The first-order valence-electron chi connectivity index (χ1n) is 8.47. The smallest absolute Gasteiger partial charge is 0.417 e. The average molecular weight is 485 g/mol. The van der Waals surface area contributed by atoms with Crippen molar-refractivity contribution in [2.75, 3.05) is 11.9 Å². The van der Waals surface area contributed by atoms with Gasteiger partial charge in [-0.05, 0) is 50.2 Å². The van der Waals surface area contributed by atoms with Crippen molar-refractivity contribution >= 4 is 44.8 Å². The van der Waals surface area contributed by atoms with Crippen LogP contribution in [0.3, 0.4) is 0 Å². The second-order valence-corrected chi connectivity index (χ2v) is 8.58. The van der Waals surface area contributed by atoms with Crippen LogP contribution in [0.1, 0.15) is 19.4 Å². The molecule has 0 fully saturated rings. The van der Waals surface area contributed by atoms with E-state index >= 15 is 0 Å². The first-order chi connectivity index (χ1) is 13.8. The molecule has 1 amide bonds. The number of ether oxygens (including phenoxy) is 1. The Labute approximate surface area is 181 Å². The molecule has 0 aliphatic rings. The van der Waals surface area contributed by atoms with Crippen LogP contribution in [0.2, 0.25) is 10.0 Å². The number of sulfonamides is 1. The lowest BCUT2D eigenvalue weighted by Crippen LogP contribution is -2.41. The lowest BCUT2D eigenvalue weighted by Gasteiger charge is -2.16. The van der Waals surface area contributed by atoms with Gasteiger partial charge in [0.25, 0.3) is 0 Å². The van der Waals surface area contributed by atoms with Gasteiger partial charge in [-0.3, -0.25) is 4.79 Å². The Hall–Kier alpha value is -2.01. The van der Waals surface area contributed by atoms with Gasteiger partial charge in [-0.15, -0.1) is 0 Å². The molecule has 0 aromatic heterocycles. The number of halogens is 5. The molecule has 0 unspecified atom stereocenters. The van der Waals surface area contributed by atoms with E-state index in [4.69, 9.17) is 27.9 Å². The Morgan fingerprint density at radius 3 is 2.37 bits per heavy atom. The van der Waals surface area contributed by atoms with Crippen LogP contribution in [-0.2, 0) is 21.0 Å². The highest BCUT2D eigenvalue weighted by Crippen LogP contribution is 2.36. The van der Waals surface area contributed by atoms with Gasteiger partial charge in [-0.25, -0.2) is 8.42 Å². The van der Waals surface area contributed by atoms with Crippen molar-refractivity contribution < 1.29 is 31.1 Å². The summed E-state index contributed by atoms with van der Waals surface area (Å²) in [5.74, 6) is -0.571. The van der Waals surface area contributed by atoms with Gasteiger partial charge in [0.2, 0.25) is 15.9 Å². The van der Waals surface area contributed by atoms with Crippen LogP contribution in [-0.4, -0.2) is 27.0 Å². The fourth-order valence-corrected chi connectivity index (χ4v) is 4.10. The van der Waals surface area contributed by atoms with Gasteiger partial charge in [-0.1, -0.05) is 23.2 Å². The second-order valence-electron chi connectivity index (χ2n) is 6.05. The van der Waals surface area contributed by atoms with Crippen LogP contribution in [0.5, 0.6) is 5.75 Å². The summed E-state index contributed by atoms with van der Waals surface area (Å²) < 4.78 is 71.2. The van der Waals surface area contributed by atoms with Crippen molar-refractivity contribution in [1.82, 2.24) is 4.72 Å². The second kappa shape index (κ2) is 9.42. The fraction of sp³-hybridized carbons (Fsp3) is 0.278. The quantitative estimate of drug-likeness (QED) is 0.595. The molecular formula is C18H17Cl2F3N2O4S. The summed E-state index contributed by atoms with van der Waals surface area (Å²) in [5.41, 5.74) is -1.31. The van der Waals surface area contributed by atoms with Gasteiger partial charge in [0.1, 0.15) is 5.75 Å². The summed E-state index contributed by atoms with van der Waals surface area (Å²) in [7, 11) is -4.14. The molecule has 164 valence electrons. The number of carbonyl (C=O) groups is 1. The molecule has 0 aliphatic carbocycles. The number of amides is 1. The molecule has 2 aromatic rings. The molecule has 30 heavy (non-hydrogen) atoms. The minimum absolute atomic E-state index is 0.0673. The highest BCUT2D eigenvalue weighted by atomic mass is 35.5. The minimum atomic E-state index is -4.71. The number of rotatable bonds is 7. The zero-order valence-electron chi connectivity index (χ0n) is 15.7. The van der Waals surface area contributed by atoms with Crippen LogP contribution in [0.15, 0.2) is 41.3 Å². The Morgan fingerprint density at radius 2 is 1.80 bits per heavy atom. The lowest BCUT2D eigenvalue weighted by molar-refractivity contribution is -0.137. The van der Waals surface area contributed by atoms with Crippen molar-refractivity contribution in [2.45, 2.75) is 31.0 Å². The summed E-state index contributed by atoms with van der Waals surface area (Å²) in [5, 5.41) is 1.76. The van der Waals surface area contributed by atoms with Gasteiger partial charge >= 0.3 is 6.18 Å². The largest absolute Gasteiger partial charge is 0.492 e. The van der Waals surface area contributed by atoms with E-state index in [0.29, 0.717) is 18.4 Å². The van der Waals surface area contributed by atoms with Crippen LogP contribution in [0.25, 0.3) is 0 Å². The SMILES string of the molecule is CCOc1ccc(S(=O)(=O)N[C@@H](C)C(=O)Nc2ccc(Cl)c(C(F)(F)F)c2)cc1Cl. The zero-order chi connectivity index (χ0) is 22.7. The first kappa shape index (κ1) is 24.3. The molecule has 0 aliphatic heterocycles. The molecule has 2 N–H and O–H groups in total. The summed E-state index contributed by atoms with van der Waals surface area (Å²) in [6.07, 6.45) is -4.71. The number of anilines is 1. The number of alkyl halides is 3. The highest BCUT2D eigenvalue weighted by Gasteiger charge is 2.33. The Balaban J connectivity index is 2.14. The Bertz CT molecular complexity index is 1050. The Kier molecular flexibility index (Phi) is 7.62. The number of hydrogen-bond donors (Lipinski definition) is 2. The van der Waals surface area contributed by atoms with Crippen LogP contribution in [0.4, 0.5) is 18.9 Å². The third kappa shape index (κ3) is 6.00. The lowest BCUT2D eigenvalue weighted by atomic mass is 10.2. The van der Waals surface area contributed by atoms with E-state index < -0.39 is 38.7 Å². The molecule has 2 aromatic carbocycles. The van der Waals surface area contributed by atoms with E-state index in [2.05, 4.69) is 10.0 Å². The van der Waals surface area contributed by atoms with Crippen molar-refractivity contribution in [3.05, 3.63) is 52.0 Å². The molecule has 0 bridgehead atoms. The summed E-state index contributed by atoms with van der Waals surface area (Å²) in [4.78, 5) is 12.1. The van der Waals surface area contributed by atoms with E-state index in [1.165, 1.54) is 25.1 Å². The maximum atomic E-state index is 12.9. The third-order valence-corrected chi connectivity index (χ3v) is 5.94. The van der Waals surface area contributed by atoms with Crippen LogP contribution < -0.4 is 14.8 Å². The molecule has 0 spiro atoms. The molecule has 0 heterocycles. The predicted molar refractivity (Wildman–Crippen MR) is 107 cm³/mol. The maximum Gasteiger partial charge on any atom is 0.417 e. The number of nitrogens with one attached hydrogen (secondary N) is 2. The third-order valence-electron chi connectivity index (χ3n) is 3.78. The van der Waals surface area contributed by atoms with Crippen molar-refractivity contribution in [3.8, 4) is 5.75 Å². The number of carbonyl (C=O) groups excluding carboxylic acids is 1. The molecule has 6 nitrogen and oxygen atoms in total. The van der Waals surface area contributed by atoms with E-state index in [9.17, 15) is 26.4 Å². The topological polar surface area (TPSA) is 84.5 Å². The van der Waals surface area contributed by atoms with E-state index in [1.54, 1.807) is 6.92 Å². The first-order valence-corrected chi connectivity index (χ1v) is 10.7. The molecule has 0 radical (unpaired) electrons. The van der Waals surface area contributed by atoms with Crippen molar-refractivity contribution in [1.29, 1.82) is 0 Å². The van der Waals surface area contributed by atoms with Gasteiger partial charge in [0.05, 0.1) is 33.2 Å². The summed E-state index contributed by atoms with van der Waals surface area (Å²) in [6, 6.07) is 5.29. The van der Waals surface area contributed by atoms with E-state index in [-0.39, 0.29) is 15.6 Å². The summed E-state index contributed by atoms with van der Waals surface area (Å²) in [6.45, 7) is 3.31. The zero-order valence-corrected chi connectivity index (χ0v) is 18.0. The van der Waals surface area contributed by atoms with E-state index in [0.717, 1.165) is 12.1 Å². The molecule has 0 saturated heterocycles. The van der Waals surface area contributed by atoms with Gasteiger partial charge < -0.3 is 10.1 Å². The van der Waals surface area contributed by atoms with Gasteiger partial charge in [0, 0.05) is 5.69 Å². The van der Waals surface area contributed by atoms with Crippen LogP contribution >= 0.6 is 23.2 Å². The molecular weight excluding hydrogens is 468 g/mol. The predicted octanol–water partition coefficient (Wildman–Crippen LogP) is 4.72. The summed E-state index contributed by atoms with van der Waals surface area (Å²) >= 11 is 11.5. The average Bonchev–Trinajstić information content (AvgIpc) is 2.63. The minimum Gasteiger partial charge on any atom is -0.492 e. The number of benzene rings is 2. The standard InChI is InChI=1S/C18H17Cl2F3N2O4S/c1-3-29-16-7-5-12(9-15(16)20)30(27,28)25-10(2)17(26)24-11-4-6-14(19)13(8-11)18(21,22)23/h4-10,25H,3H2,1-2H3,(H,24,26)/t10-/m0/s1. The number of hydrogen-bond acceptors (Lipinski definition) is 4. The highest BCUT2D eigenvalue weighted by molar-refractivity contribution is 7.89. The van der Waals surface area contributed by atoms with Crippen LogP contribution in [0, 0.1) is 0 Å². The molecule has 2 rings (SSSR count). The van der Waals surface area contributed by atoms with E-state index in [1.807, 2.05) is 0 Å². The monoisotopic (exact) mass is 484 g/mol. The molecule has 0 saturated carbocycles. The normalized spacial score (nSPS) is 13.0. The molecule has 12 heteroatoms. The maximum absolute atomic E-state index is 12.9. The Morgan fingerprint density at radius 1 is 1.13 bits per heavy atom. The van der Waals surface area contributed by atoms with Crippen molar-refractivity contribution in [2.24, 2.45) is 0 Å². The van der Waals surface area contributed by atoms with Gasteiger partial charge in [0.15, 0.2) is 0 Å². The molecule has 1 atom stereocenters.